The average molecular weight is 373 g/mol. The molecule has 2 rings (SSSR count). The van der Waals surface area contributed by atoms with E-state index in [0.717, 1.165) is 16.7 Å². The van der Waals surface area contributed by atoms with Gasteiger partial charge in [-0.25, -0.2) is 4.39 Å². The second-order valence-corrected chi connectivity index (χ2v) is 8.43. The van der Waals surface area contributed by atoms with Crippen LogP contribution in [0, 0.1) is 11.7 Å². The monoisotopic (exact) mass is 372 g/mol. The Balaban J connectivity index is 2.32. The summed E-state index contributed by atoms with van der Waals surface area (Å²) < 4.78 is 13.4. The predicted molar refractivity (Wildman–Crippen MR) is 109 cm³/mol. The van der Waals surface area contributed by atoms with Gasteiger partial charge in [-0.1, -0.05) is 50.2 Å². The van der Waals surface area contributed by atoms with Gasteiger partial charge in [-0.3, -0.25) is 4.84 Å². The van der Waals surface area contributed by atoms with E-state index in [2.05, 4.69) is 58.7 Å². The molecule has 2 atom stereocenters. The lowest BCUT2D eigenvalue weighted by atomic mass is 9.92. The van der Waals surface area contributed by atoms with Crippen molar-refractivity contribution in [1.82, 2.24) is 5.06 Å². The highest BCUT2D eigenvalue weighted by atomic mass is 19.1. The van der Waals surface area contributed by atoms with Crippen molar-refractivity contribution in [2.24, 2.45) is 11.7 Å². The van der Waals surface area contributed by atoms with Crippen LogP contribution in [-0.2, 0) is 11.4 Å². The smallest absolute Gasteiger partial charge is 0.123 e. The van der Waals surface area contributed by atoms with Crippen molar-refractivity contribution in [1.29, 1.82) is 0 Å². The predicted octanol–water partition coefficient (Wildman–Crippen LogP) is 5.77. The zero-order valence-electron chi connectivity index (χ0n) is 17.4. The first-order chi connectivity index (χ1) is 12.6. The van der Waals surface area contributed by atoms with E-state index < -0.39 is 0 Å². The van der Waals surface area contributed by atoms with Crippen LogP contribution in [0.5, 0.6) is 0 Å². The zero-order valence-corrected chi connectivity index (χ0v) is 17.4. The number of rotatable bonds is 7. The number of halogens is 1. The van der Waals surface area contributed by atoms with Gasteiger partial charge in [0.25, 0.3) is 0 Å². The molecule has 4 heteroatoms. The van der Waals surface area contributed by atoms with Gasteiger partial charge in [-0.2, -0.15) is 5.06 Å². The summed E-state index contributed by atoms with van der Waals surface area (Å²) in [5.41, 5.74) is 8.72. The minimum atomic E-state index is -0.227. The number of benzene rings is 2. The molecule has 2 unspecified atom stereocenters. The minimum absolute atomic E-state index is 0.0105. The molecule has 0 aliphatic carbocycles. The summed E-state index contributed by atoms with van der Waals surface area (Å²) in [7, 11) is 0. The van der Waals surface area contributed by atoms with E-state index in [-0.39, 0.29) is 23.5 Å². The summed E-state index contributed by atoms with van der Waals surface area (Å²) in [6, 6.07) is 14.9. The van der Waals surface area contributed by atoms with Crippen molar-refractivity contribution < 1.29 is 9.23 Å². The number of hydrogen-bond donors (Lipinski definition) is 1. The average Bonchev–Trinajstić information content (AvgIpc) is 2.61. The highest BCUT2D eigenvalue weighted by Gasteiger charge is 2.34. The standard InChI is InChI=1S/C23H33FN2O/c1-16(2)22(20-11-13-21(24)14-12-20)26(23(4,5)6)27-17(3)19-9-7-18(15-25)8-10-19/h7-14,16-17,22H,15,25H2,1-6H3. The first-order valence-corrected chi connectivity index (χ1v) is 9.64. The van der Waals surface area contributed by atoms with Gasteiger partial charge in [-0.05, 0) is 62.4 Å². The van der Waals surface area contributed by atoms with Gasteiger partial charge < -0.3 is 5.73 Å². The van der Waals surface area contributed by atoms with Crippen LogP contribution in [0.2, 0.25) is 0 Å². The summed E-state index contributed by atoms with van der Waals surface area (Å²) in [5, 5.41) is 2.06. The van der Waals surface area contributed by atoms with Gasteiger partial charge in [0.15, 0.2) is 0 Å². The summed E-state index contributed by atoms with van der Waals surface area (Å²) in [4.78, 5) is 6.49. The Hall–Kier alpha value is -1.75. The molecule has 0 bridgehead atoms. The fourth-order valence-corrected chi connectivity index (χ4v) is 3.25. The Labute approximate surface area is 163 Å². The maximum Gasteiger partial charge on any atom is 0.123 e. The van der Waals surface area contributed by atoms with Crippen molar-refractivity contribution in [3.05, 3.63) is 71.0 Å². The van der Waals surface area contributed by atoms with E-state index in [4.69, 9.17) is 10.6 Å². The quantitative estimate of drug-likeness (QED) is 0.627. The normalized spacial score (nSPS) is 14.6. The molecular weight excluding hydrogens is 339 g/mol. The summed E-state index contributed by atoms with van der Waals surface area (Å²) in [6.07, 6.45) is -0.113. The molecule has 0 saturated heterocycles. The van der Waals surface area contributed by atoms with Crippen LogP contribution in [0.25, 0.3) is 0 Å². The molecule has 2 N–H and O–H groups in total. The largest absolute Gasteiger partial charge is 0.326 e. The van der Waals surface area contributed by atoms with E-state index in [0.29, 0.717) is 12.5 Å². The molecule has 0 aliphatic heterocycles. The highest BCUT2D eigenvalue weighted by Crippen LogP contribution is 2.37. The van der Waals surface area contributed by atoms with E-state index in [1.54, 1.807) is 0 Å². The first kappa shape index (κ1) is 21.5. The van der Waals surface area contributed by atoms with Crippen molar-refractivity contribution in [2.75, 3.05) is 0 Å². The zero-order chi connectivity index (χ0) is 20.2. The fraction of sp³-hybridized carbons (Fsp3) is 0.478. The van der Waals surface area contributed by atoms with Crippen molar-refractivity contribution in [2.45, 2.75) is 65.8 Å². The molecule has 2 aromatic carbocycles. The molecule has 2 aromatic rings. The molecule has 148 valence electrons. The van der Waals surface area contributed by atoms with Crippen molar-refractivity contribution in [3.8, 4) is 0 Å². The van der Waals surface area contributed by atoms with E-state index in [9.17, 15) is 4.39 Å². The Morgan fingerprint density at radius 2 is 1.44 bits per heavy atom. The Kier molecular flexibility index (Phi) is 7.15. The molecule has 0 heterocycles. The Morgan fingerprint density at radius 1 is 0.926 bits per heavy atom. The lowest BCUT2D eigenvalue weighted by Crippen LogP contribution is -2.46. The van der Waals surface area contributed by atoms with Crippen LogP contribution < -0.4 is 5.73 Å². The maximum absolute atomic E-state index is 13.4. The van der Waals surface area contributed by atoms with Crippen LogP contribution in [0.4, 0.5) is 4.39 Å². The van der Waals surface area contributed by atoms with Gasteiger partial charge in [0.1, 0.15) is 11.9 Å². The van der Waals surface area contributed by atoms with Crippen molar-refractivity contribution >= 4 is 0 Å². The molecule has 3 nitrogen and oxygen atoms in total. The third-order valence-corrected chi connectivity index (χ3v) is 4.71. The Bertz CT molecular complexity index is 705. The summed E-state index contributed by atoms with van der Waals surface area (Å²) in [6.45, 7) is 13.3. The molecule has 27 heavy (non-hydrogen) atoms. The van der Waals surface area contributed by atoms with Crippen LogP contribution in [0.3, 0.4) is 0 Å². The molecule has 0 saturated carbocycles. The van der Waals surface area contributed by atoms with Crippen LogP contribution in [0.15, 0.2) is 48.5 Å². The highest BCUT2D eigenvalue weighted by molar-refractivity contribution is 5.24. The minimum Gasteiger partial charge on any atom is -0.326 e. The topological polar surface area (TPSA) is 38.5 Å². The van der Waals surface area contributed by atoms with E-state index in [1.165, 1.54) is 12.1 Å². The number of hydroxylamine groups is 2. The van der Waals surface area contributed by atoms with Gasteiger partial charge in [0, 0.05) is 12.1 Å². The second kappa shape index (κ2) is 8.96. The molecule has 0 amide bonds. The molecule has 0 fully saturated rings. The summed E-state index contributed by atoms with van der Waals surface area (Å²) >= 11 is 0. The molecule has 0 aliphatic rings. The van der Waals surface area contributed by atoms with E-state index >= 15 is 0 Å². The first-order valence-electron chi connectivity index (χ1n) is 9.64. The van der Waals surface area contributed by atoms with Gasteiger partial charge in [0.05, 0.1) is 6.04 Å². The number of hydrogen-bond acceptors (Lipinski definition) is 3. The molecule has 0 aromatic heterocycles. The van der Waals surface area contributed by atoms with E-state index in [1.807, 2.05) is 24.3 Å². The lowest BCUT2D eigenvalue weighted by Gasteiger charge is -2.44. The SMILES string of the molecule is CC(ON(C(c1ccc(F)cc1)C(C)C)C(C)(C)C)c1ccc(CN)cc1. The third kappa shape index (κ3) is 5.61. The number of nitrogens with two attached hydrogens (primary N) is 1. The number of nitrogens with zero attached hydrogens (tertiary/aromatic N) is 1. The lowest BCUT2D eigenvalue weighted by molar-refractivity contribution is -0.272. The second-order valence-electron chi connectivity index (χ2n) is 8.43. The fourth-order valence-electron chi connectivity index (χ4n) is 3.25. The summed E-state index contributed by atoms with van der Waals surface area (Å²) in [5.74, 6) is 0.0688. The van der Waals surface area contributed by atoms with Crippen LogP contribution in [0.1, 0.15) is 70.4 Å². The maximum atomic E-state index is 13.4. The molecule has 0 spiro atoms. The van der Waals surface area contributed by atoms with Gasteiger partial charge >= 0.3 is 0 Å². The van der Waals surface area contributed by atoms with Gasteiger partial charge in [-0.15, -0.1) is 0 Å². The molecule has 0 radical (unpaired) electrons. The van der Waals surface area contributed by atoms with Gasteiger partial charge in [0.2, 0.25) is 0 Å². The van der Waals surface area contributed by atoms with Crippen LogP contribution in [-0.4, -0.2) is 10.6 Å². The van der Waals surface area contributed by atoms with Crippen LogP contribution >= 0.6 is 0 Å². The Morgan fingerprint density at radius 3 is 1.89 bits per heavy atom. The third-order valence-electron chi connectivity index (χ3n) is 4.71. The molecular formula is C23H33FN2O. The van der Waals surface area contributed by atoms with Crippen molar-refractivity contribution in [3.63, 3.8) is 0 Å².